The molecule has 1 aliphatic carbocycles. The van der Waals surface area contributed by atoms with Crippen molar-refractivity contribution in [3.63, 3.8) is 0 Å². The number of fused-ring (bicyclic) bond motifs is 1. The summed E-state index contributed by atoms with van der Waals surface area (Å²) in [5.41, 5.74) is 1.26. The minimum atomic E-state index is -3.73. The Hall–Kier alpha value is -2.66. The number of benzene rings is 1. The van der Waals surface area contributed by atoms with Gasteiger partial charge in [-0.1, -0.05) is 20.8 Å². The molecule has 11 heteroatoms. The first kappa shape index (κ1) is 26.9. The first-order chi connectivity index (χ1) is 18.0. The van der Waals surface area contributed by atoms with Crippen LogP contribution < -0.4 is 9.62 Å². The molecular weight excluding hydrogens is 504 g/mol. The molecular formula is C27H40N6O4S. The maximum atomic E-state index is 13.5. The van der Waals surface area contributed by atoms with Crippen LogP contribution in [0.2, 0.25) is 0 Å². The van der Waals surface area contributed by atoms with Crippen molar-refractivity contribution in [2.45, 2.75) is 76.3 Å². The second-order valence-electron chi connectivity index (χ2n) is 11.6. The van der Waals surface area contributed by atoms with Gasteiger partial charge in [-0.3, -0.25) is 14.3 Å². The van der Waals surface area contributed by atoms with E-state index in [-0.39, 0.29) is 34.2 Å². The Morgan fingerprint density at radius 1 is 1.05 bits per heavy atom. The second-order valence-corrected chi connectivity index (χ2v) is 13.2. The monoisotopic (exact) mass is 544 g/mol. The number of nitrogens with one attached hydrogen (secondary N) is 1. The molecule has 0 unspecified atom stereocenters. The van der Waals surface area contributed by atoms with E-state index < -0.39 is 10.0 Å². The Labute approximate surface area is 225 Å². The van der Waals surface area contributed by atoms with Gasteiger partial charge < -0.3 is 14.7 Å². The normalized spacial score (nSPS) is 20.4. The average molecular weight is 545 g/mol. The van der Waals surface area contributed by atoms with Gasteiger partial charge in [0.05, 0.1) is 22.7 Å². The lowest BCUT2D eigenvalue weighted by Gasteiger charge is -2.37. The molecule has 1 aromatic heterocycles. The van der Waals surface area contributed by atoms with Crippen molar-refractivity contribution < 1.29 is 18.0 Å². The Bertz CT molecular complexity index is 1320. The standard InChI is InChI=1S/C27H40N6O4S/c1-5-25(34)31-10-6-20(7-11-31)33-24-17-21(38(36,37)29-27(4)8-9-27)16-23(22(24)18-28-33)30-12-14-32(15-13-30)26(35)19(2)3/h16-20,29H,5-15H2,1-4H3. The predicted octanol–water partition coefficient (Wildman–Crippen LogP) is 2.75. The Morgan fingerprint density at radius 3 is 2.29 bits per heavy atom. The van der Waals surface area contributed by atoms with Crippen molar-refractivity contribution in [2.75, 3.05) is 44.2 Å². The van der Waals surface area contributed by atoms with Gasteiger partial charge in [0.2, 0.25) is 21.8 Å². The number of hydrogen-bond acceptors (Lipinski definition) is 6. The van der Waals surface area contributed by atoms with Crippen LogP contribution >= 0.6 is 0 Å². The van der Waals surface area contributed by atoms with Crippen LogP contribution in [-0.2, 0) is 19.6 Å². The van der Waals surface area contributed by atoms with E-state index in [0.29, 0.717) is 45.7 Å². The molecule has 3 heterocycles. The van der Waals surface area contributed by atoms with Gasteiger partial charge in [-0.2, -0.15) is 5.10 Å². The van der Waals surface area contributed by atoms with Gasteiger partial charge in [0, 0.05) is 68.2 Å². The summed E-state index contributed by atoms with van der Waals surface area (Å²) >= 11 is 0. The molecule has 2 amide bonds. The zero-order valence-electron chi connectivity index (χ0n) is 22.9. The lowest BCUT2D eigenvalue weighted by Crippen LogP contribution is -2.50. The molecule has 1 N–H and O–H groups in total. The second kappa shape index (κ2) is 10.1. The van der Waals surface area contributed by atoms with Crippen LogP contribution in [0, 0.1) is 5.92 Å². The summed E-state index contributed by atoms with van der Waals surface area (Å²) in [6.07, 6.45) is 5.57. The van der Waals surface area contributed by atoms with Crippen LogP contribution in [0.1, 0.15) is 65.8 Å². The summed E-state index contributed by atoms with van der Waals surface area (Å²) in [5.74, 6) is 0.266. The highest BCUT2D eigenvalue weighted by atomic mass is 32.2. The smallest absolute Gasteiger partial charge is 0.241 e. The van der Waals surface area contributed by atoms with Gasteiger partial charge in [-0.25, -0.2) is 13.1 Å². The number of piperazine rings is 1. The van der Waals surface area contributed by atoms with Crippen LogP contribution in [0.4, 0.5) is 5.69 Å². The summed E-state index contributed by atoms with van der Waals surface area (Å²) in [6.45, 7) is 11.5. The van der Waals surface area contributed by atoms with E-state index in [0.717, 1.165) is 42.3 Å². The van der Waals surface area contributed by atoms with Crippen molar-refractivity contribution in [1.82, 2.24) is 24.3 Å². The first-order valence-corrected chi connectivity index (χ1v) is 15.4. The highest BCUT2D eigenvalue weighted by Crippen LogP contribution is 2.38. The SMILES string of the molecule is CCC(=O)N1CCC(n2ncc3c(N4CCN(C(=O)C(C)C)CC4)cc(S(=O)(=O)NC4(C)CC4)cc32)CC1. The summed E-state index contributed by atoms with van der Waals surface area (Å²) in [4.78, 5) is 30.9. The van der Waals surface area contributed by atoms with Crippen molar-refractivity contribution in [2.24, 2.45) is 5.92 Å². The molecule has 2 aromatic rings. The minimum Gasteiger partial charge on any atom is -0.367 e. The minimum absolute atomic E-state index is 0.0474. The molecule has 3 fully saturated rings. The van der Waals surface area contributed by atoms with Crippen LogP contribution in [0.3, 0.4) is 0 Å². The number of nitrogens with zero attached hydrogens (tertiary/aromatic N) is 5. The van der Waals surface area contributed by atoms with E-state index in [1.807, 2.05) is 48.4 Å². The molecule has 3 aliphatic rings. The van der Waals surface area contributed by atoms with E-state index in [1.54, 1.807) is 12.1 Å². The summed E-state index contributed by atoms with van der Waals surface area (Å²) in [7, 11) is -3.73. The fourth-order valence-electron chi connectivity index (χ4n) is 5.60. The molecule has 0 spiro atoms. The van der Waals surface area contributed by atoms with Crippen molar-refractivity contribution in [3.05, 3.63) is 18.3 Å². The summed E-state index contributed by atoms with van der Waals surface area (Å²) in [6, 6.07) is 3.61. The van der Waals surface area contributed by atoms with E-state index in [1.165, 1.54) is 0 Å². The largest absolute Gasteiger partial charge is 0.367 e. The molecule has 0 bridgehead atoms. The van der Waals surface area contributed by atoms with Crippen LogP contribution in [0.5, 0.6) is 0 Å². The van der Waals surface area contributed by atoms with Gasteiger partial charge in [0.25, 0.3) is 0 Å². The van der Waals surface area contributed by atoms with Gasteiger partial charge in [-0.05, 0) is 44.7 Å². The molecule has 10 nitrogen and oxygen atoms in total. The van der Waals surface area contributed by atoms with Gasteiger partial charge in [0.15, 0.2) is 0 Å². The quantitative estimate of drug-likeness (QED) is 0.574. The molecule has 2 saturated heterocycles. The van der Waals surface area contributed by atoms with E-state index >= 15 is 0 Å². The zero-order valence-corrected chi connectivity index (χ0v) is 23.8. The molecule has 38 heavy (non-hydrogen) atoms. The fourth-order valence-corrected chi connectivity index (χ4v) is 7.10. The number of sulfonamides is 1. The van der Waals surface area contributed by atoms with E-state index in [9.17, 15) is 18.0 Å². The molecule has 0 atom stereocenters. The number of anilines is 1. The number of carbonyl (C=O) groups excluding carboxylic acids is 2. The highest BCUT2D eigenvalue weighted by Gasteiger charge is 2.41. The van der Waals surface area contributed by atoms with Crippen molar-refractivity contribution >= 4 is 38.4 Å². The van der Waals surface area contributed by atoms with E-state index in [4.69, 9.17) is 5.10 Å². The lowest BCUT2D eigenvalue weighted by atomic mass is 10.0. The number of piperidine rings is 1. The summed E-state index contributed by atoms with van der Waals surface area (Å²) in [5, 5.41) is 5.66. The number of amides is 2. The maximum absolute atomic E-state index is 13.5. The van der Waals surface area contributed by atoms with Gasteiger partial charge in [0.1, 0.15) is 0 Å². The third-order valence-corrected chi connectivity index (χ3v) is 9.87. The Morgan fingerprint density at radius 2 is 1.71 bits per heavy atom. The molecule has 208 valence electrons. The van der Waals surface area contributed by atoms with Gasteiger partial charge in [-0.15, -0.1) is 0 Å². The van der Waals surface area contributed by atoms with Crippen LogP contribution in [-0.4, -0.2) is 84.6 Å². The van der Waals surface area contributed by atoms with Crippen molar-refractivity contribution in [3.8, 4) is 0 Å². The van der Waals surface area contributed by atoms with Crippen LogP contribution in [0.25, 0.3) is 10.9 Å². The topological polar surface area (TPSA) is 108 Å². The number of aromatic nitrogens is 2. The molecule has 1 aromatic carbocycles. The first-order valence-electron chi connectivity index (χ1n) is 13.9. The number of likely N-dealkylation sites (tertiary alicyclic amines) is 1. The Kier molecular flexibility index (Phi) is 7.19. The third-order valence-electron chi connectivity index (χ3n) is 8.25. The fraction of sp³-hybridized carbons (Fsp3) is 0.667. The lowest BCUT2D eigenvalue weighted by molar-refractivity contribution is -0.134. The third kappa shape index (κ3) is 5.27. The number of rotatable bonds is 7. The molecule has 0 radical (unpaired) electrons. The molecule has 2 aliphatic heterocycles. The van der Waals surface area contributed by atoms with Crippen LogP contribution in [0.15, 0.2) is 23.2 Å². The van der Waals surface area contributed by atoms with Gasteiger partial charge >= 0.3 is 0 Å². The maximum Gasteiger partial charge on any atom is 0.241 e. The predicted molar refractivity (Wildman–Crippen MR) is 146 cm³/mol. The zero-order chi connectivity index (χ0) is 27.2. The van der Waals surface area contributed by atoms with E-state index in [2.05, 4.69) is 9.62 Å². The summed E-state index contributed by atoms with van der Waals surface area (Å²) < 4.78 is 31.8. The number of hydrogen-bond donors (Lipinski definition) is 1. The Balaban J connectivity index is 1.48. The number of carbonyl (C=O) groups is 2. The average Bonchev–Trinajstić information content (AvgIpc) is 3.46. The van der Waals surface area contributed by atoms with Crippen molar-refractivity contribution in [1.29, 1.82) is 0 Å². The molecule has 1 saturated carbocycles. The molecule has 5 rings (SSSR count). The highest BCUT2D eigenvalue weighted by molar-refractivity contribution is 7.89.